The van der Waals surface area contributed by atoms with Gasteiger partial charge in [0.15, 0.2) is 6.10 Å². The summed E-state index contributed by atoms with van der Waals surface area (Å²) in [5.41, 5.74) is 4.84. The van der Waals surface area contributed by atoms with E-state index >= 15 is 0 Å². The molecule has 0 heterocycles. The zero-order chi connectivity index (χ0) is 8.85. The summed E-state index contributed by atoms with van der Waals surface area (Å²) in [5, 5.41) is 0. The average Bonchev–Trinajstić information content (AvgIpc) is 1.87. The maximum absolute atomic E-state index is 10.6. The average molecular weight is 157 g/mol. The number of carbonyl (C=O) groups is 2. The van der Waals surface area contributed by atoms with Gasteiger partial charge in [-0.2, -0.15) is 0 Å². The molecule has 0 bridgehead atoms. The van der Waals surface area contributed by atoms with Gasteiger partial charge >= 0.3 is 5.97 Å². The minimum absolute atomic E-state index is 0.557. The monoisotopic (exact) mass is 157 g/mol. The lowest BCUT2D eigenvalue weighted by molar-refractivity contribution is -0.148. The first-order valence-electron chi connectivity index (χ1n) is 3.20. The van der Waals surface area contributed by atoms with Crippen LogP contribution in [0.4, 0.5) is 0 Å². The smallest absolute Gasteiger partial charge is 0.331 e. The molecule has 4 heteroatoms. The van der Waals surface area contributed by atoms with Crippen molar-refractivity contribution in [1.29, 1.82) is 0 Å². The molecule has 1 amide bonds. The minimum atomic E-state index is -0.862. The Morgan fingerprint density at radius 3 is 2.45 bits per heavy atom. The molecule has 0 aliphatic carbocycles. The molecule has 0 spiro atoms. The summed E-state index contributed by atoms with van der Waals surface area (Å²) in [6.45, 7) is 3.10. The first kappa shape index (κ1) is 9.68. The Balaban J connectivity index is 3.85. The fourth-order valence-corrected chi connectivity index (χ4v) is 0.408. The van der Waals surface area contributed by atoms with Crippen LogP contribution in [0, 0.1) is 0 Å². The highest BCUT2D eigenvalue weighted by Crippen LogP contribution is 1.90. The SMILES string of the molecule is C/C=C/C(=O)OC(C)C(N)=O. The van der Waals surface area contributed by atoms with Gasteiger partial charge in [-0.1, -0.05) is 6.08 Å². The number of nitrogens with two attached hydrogens (primary N) is 1. The summed E-state index contributed by atoms with van der Waals surface area (Å²) in [5.74, 6) is -1.21. The van der Waals surface area contributed by atoms with Crippen LogP contribution in [0.1, 0.15) is 13.8 Å². The third kappa shape index (κ3) is 4.13. The van der Waals surface area contributed by atoms with Gasteiger partial charge < -0.3 is 10.5 Å². The molecule has 0 saturated carbocycles. The van der Waals surface area contributed by atoms with Crippen molar-refractivity contribution in [2.45, 2.75) is 20.0 Å². The highest BCUT2D eigenvalue weighted by molar-refractivity contribution is 5.86. The Morgan fingerprint density at radius 1 is 1.55 bits per heavy atom. The Labute approximate surface area is 65.0 Å². The van der Waals surface area contributed by atoms with Gasteiger partial charge in [0, 0.05) is 6.08 Å². The summed E-state index contributed by atoms with van der Waals surface area (Å²) in [7, 11) is 0. The van der Waals surface area contributed by atoms with Crippen LogP contribution in [-0.4, -0.2) is 18.0 Å². The molecular weight excluding hydrogens is 146 g/mol. The number of esters is 1. The Bertz CT molecular complexity index is 186. The van der Waals surface area contributed by atoms with E-state index in [9.17, 15) is 9.59 Å². The lowest BCUT2D eigenvalue weighted by Crippen LogP contribution is -2.29. The van der Waals surface area contributed by atoms with E-state index in [0.29, 0.717) is 0 Å². The lowest BCUT2D eigenvalue weighted by atomic mass is 10.4. The van der Waals surface area contributed by atoms with Gasteiger partial charge in [-0.3, -0.25) is 4.79 Å². The predicted octanol–water partition coefficient (Wildman–Crippen LogP) is -0.0205. The zero-order valence-corrected chi connectivity index (χ0v) is 6.53. The Kier molecular flexibility index (Phi) is 3.95. The van der Waals surface area contributed by atoms with Crippen molar-refractivity contribution in [3.8, 4) is 0 Å². The van der Waals surface area contributed by atoms with Crippen LogP contribution in [0.3, 0.4) is 0 Å². The predicted molar refractivity (Wildman–Crippen MR) is 39.6 cm³/mol. The summed E-state index contributed by atoms with van der Waals surface area (Å²) >= 11 is 0. The first-order valence-corrected chi connectivity index (χ1v) is 3.20. The molecule has 0 fully saturated rings. The number of rotatable bonds is 3. The molecule has 0 rings (SSSR count). The fraction of sp³-hybridized carbons (Fsp3) is 0.429. The van der Waals surface area contributed by atoms with E-state index in [2.05, 4.69) is 4.74 Å². The van der Waals surface area contributed by atoms with Crippen molar-refractivity contribution in [2.75, 3.05) is 0 Å². The molecule has 0 radical (unpaired) electrons. The second kappa shape index (κ2) is 4.49. The van der Waals surface area contributed by atoms with E-state index in [1.54, 1.807) is 6.92 Å². The van der Waals surface area contributed by atoms with E-state index in [-0.39, 0.29) is 0 Å². The van der Waals surface area contributed by atoms with E-state index in [1.165, 1.54) is 19.1 Å². The molecule has 0 aromatic carbocycles. The van der Waals surface area contributed by atoms with Gasteiger partial charge in [0.1, 0.15) is 0 Å². The molecule has 1 atom stereocenters. The largest absolute Gasteiger partial charge is 0.449 e. The van der Waals surface area contributed by atoms with Crippen molar-refractivity contribution < 1.29 is 14.3 Å². The number of hydrogen-bond donors (Lipinski definition) is 1. The molecule has 11 heavy (non-hydrogen) atoms. The maximum Gasteiger partial charge on any atom is 0.331 e. The standard InChI is InChI=1S/C7H11NO3/c1-3-4-6(9)11-5(2)7(8)10/h3-5H,1-2H3,(H2,8,10)/b4-3+. The van der Waals surface area contributed by atoms with E-state index < -0.39 is 18.0 Å². The number of hydrogen-bond acceptors (Lipinski definition) is 3. The number of primary amides is 1. The van der Waals surface area contributed by atoms with Crippen molar-refractivity contribution in [2.24, 2.45) is 5.73 Å². The van der Waals surface area contributed by atoms with Crippen LogP contribution in [0.5, 0.6) is 0 Å². The quantitative estimate of drug-likeness (QED) is 0.462. The van der Waals surface area contributed by atoms with Gasteiger partial charge in [-0.25, -0.2) is 4.79 Å². The summed E-state index contributed by atoms with van der Waals surface area (Å²) in [4.78, 5) is 21.0. The van der Waals surface area contributed by atoms with Gasteiger partial charge in [-0.15, -0.1) is 0 Å². The number of ether oxygens (including phenoxy) is 1. The second-order valence-electron chi connectivity index (χ2n) is 1.98. The third-order valence-corrected chi connectivity index (χ3v) is 0.996. The molecule has 0 aromatic rings. The van der Waals surface area contributed by atoms with E-state index in [1.807, 2.05) is 0 Å². The summed E-state index contributed by atoms with van der Waals surface area (Å²) in [6.07, 6.45) is 1.88. The topological polar surface area (TPSA) is 69.4 Å². The lowest BCUT2D eigenvalue weighted by Gasteiger charge is -2.05. The van der Waals surface area contributed by atoms with Crippen LogP contribution in [0.25, 0.3) is 0 Å². The van der Waals surface area contributed by atoms with Crippen LogP contribution in [0.15, 0.2) is 12.2 Å². The molecule has 0 aliphatic rings. The molecule has 0 saturated heterocycles. The molecule has 2 N–H and O–H groups in total. The van der Waals surface area contributed by atoms with Crippen molar-refractivity contribution >= 4 is 11.9 Å². The molecule has 0 aliphatic heterocycles. The molecule has 0 aromatic heterocycles. The van der Waals surface area contributed by atoms with Gasteiger partial charge in [0.05, 0.1) is 0 Å². The molecule has 62 valence electrons. The van der Waals surface area contributed by atoms with Crippen molar-refractivity contribution in [3.63, 3.8) is 0 Å². The number of carbonyl (C=O) groups excluding carboxylic acids is 2. The van der Waals surface area contributed by atoms with Crippen molar-refractivity contribution in [1.82, 2.24) is 0 Å². The minimum Gasteiger partial charge on any atom is -0.449 e. The highest BCUT2D eigenvalue weighted by atomic mass is 16.5. The normalized spacial score (nSPS) is 12.9. The van der Waals surface area contributed by atoms with Gasteiger partial charge in [0.2, 0.25) is 0 Å². The molecule has 1 unspecified atom stereocenters. The second-order valence-corrected chi connectivity index (χ2v) is 1.98. The first-order chi connectivity index (χ1) is 5.07. The van der Waals surface area contributed by atoms with Crippen LogP contribution >= 0.6 is 0 Å². The number of allylic oxidation sites excluding steroid dienone is 1. The van der Waals surface area contributed by atoms with Crippen LogP contribution in [-0.2, 0) is 14.3 Å². The summed E-state index contributed by atoms with van der Waals surface area (Å²) in [6, 6.07) is 0. The molecular formula is C7H11NO3. The Hall–Kier alpha value is -1.32. The zero-order valence-electron chi connectivity index (χ0n) is 6.53. The van der Waals surface area contributed by atoms with Crippen LogP contribution in [0.2, 0.25) is 0 Å². The van der Waals surface area contributed by atoms with Crippen molar-refractivity contribution in [3.05, 3.63) is 12.2 Å². The van der Waals surface area contributed by atoms with E-state index in [4.69, 9.17) is 5.73 Å². The molecule has 4 nitrogen and oxygen atoms in total. The van der Waals surface area contributed by atoms with Gasteiger partial charge in [0.25, 0.3) is 5.91 Å². The number of amides is 1. The maximum atomic E-state index is 10.6. The fourth-order valence-electron chi connectivity index (χ4n) is 0.408. The van der Waals surface area contributed by atoms with Crippen LogP contribution < -0.4 is 5.73 Å². The van der Waals surface area contributed by atoms with E-state index in [0.717, 1.165) is 0 Å². The Morgan fingerprint density at radius 2 is 2.09 bits per heavy atom. The third-order valence-electron chi connectivity index (χ3n) is 0.996. The van der Waals surface area contributed by atoms with Gasteiger partial charge in [-0.05, 0) is 13.8 Å². The summed E-state index contributed by atoms with van der Waals surface area (Å²) < 4.78 is 4.55. The highest BCUT2D eigenvalue weighted by Gasteiger charge is 2.11.